The lowest BCUT2D eigenvalue weighted by molar-refractivity contribution is -0.117. The average Bonchev–Trinajstić information content (AvgIpc) is 3.01. The molecule has 0 spiro atoms. The van der Waals surface area contributed by atoms with Gasteiger partial charge in [-0.1, -0.05) is 19.3 Å². The molecular formula is C28H24F5N5O4S. The van der Waals surface area contributed by atoms with E-state index in [1.807, 2.05) is 12.1 Å². The molecule has 0 radical (unpaired) electrons. The second-order valence-electron chi connectivity index (χ2n) is 10.1. The molecule has 15 heteroatoms. The van der Waals surface area contributed by atoms with Gasteiger partial charge in [-0.05, 0) is 54.7 Å². The third kappa shape index (κ3) is 6.13. The number of nitrogens with one attached hydrogen (secondary N) is 2. The van der Waals surface area contributed by atoms with Crippen molar-refractivity contribution in [2.24, 2.45) is 0 Å². The molecule has 0 unspecified atom stereocenters. The number of aromatic nitrogens is 3. The van der Waals surface area contributed by atoms with Crippen LogP contribution in [-0.2, 0) is 21.4 Å². The molecule has 226 valence electrons. The van der Waals surface area contributed by atoms with Gasteiger partial charge >= 0.3 is 0 Å². The second kappa shape index (κ2) is 12.2. The Kier molecular flexibility index (Phi) is 8.55. The van der Waals surface area contributed by atoms with Gasteiger partial charge in [0.15, 0.2) is 28.2 Å². The van der Waals surface area contributed by atoms with Gasteiger partial charge < -0.3 is 4.90 Å². The average molecular weight is 622 g/mol. The SMILES string of the molecule is O=C(CNS(=O)(=O)c1c(F)c(F)c(F)c(F)c1F)N(Cc1cc(C2CCCCC2)ccn1)c1ccc2c(=O)[nH]ncc2c1. The van der Waals surface area contributed by atoms with Crippen molar-refractivity contribution in [2.75, 3.05) is 11.4 Å². The van der Waals surface area contributed by atoms with Crippen molar-refractivity contribution < 1.29 is 35.2 Å². The van der Waals surface area contributed by atoms with E-state index in [9.17, 15) is 40.0 Å². The van der Waals surface area contributed by atoms with Gasteiger partial charge in [0, 0.05) is 17.3 Å². The molecule has 1 fully saturated rings. The normalized spacial score (nSPS) is 14.3. The zero-order valence-electron chi connectivity index (χ0n) is 22.3. The van der Waals surface area contributed by atoms with Gasteiger partial charge in [0.1, 0.15) is 0 Å². The Balaban J connectivity index is 1.47. The number of pyridine rings is 1. The first kappa shape index (κ1) is 30.2. The maximum absolute atomic E-state index is 14.2. The van der Waals surface area contributed by atoms with Crippen LogP contribution in [0.1, 0.15) is 49.3 Å². The van der Waals surface area contributed by atoms with Crippen LogP contribution in [0.25, 0.3) is 10.8 Å². The van der Waals surface area contributed by atoms with Crippen LogP contribution in [0.4, 0.5) is 27.6 Å². The summed E-state index contributed by atoms with van der Waals surface area (Å²) < 4.78 is 96.2. The largest absolute Gasteiger partial charge is 0.305 e. The number of hydrogen-bond acceptors (Lipinski definition) is 6. The first-order chi connectivity index (χ1) is 20.5. The molecule has 2 heterocycles. The number of anilines is 1. The number of halogens is 5. The lowest BCUT2D eigenvalue weighted by Gasteiger charge is -2.25. The summed E-state index contributed by atoms with van der Waals surface area (Å²) in [5.41, 5.74) is 1.19. The summed E-state index contributed by atoms with van der Waals surface area (Å²) in [7, 11) is -5.39. The molecule has 4 aromatic rings. The van der Waals surface area contributed by atoms with E-state index in [1.54, 1.807) is 10.9 Å². The van der Waals surface area contributed by atoms with Gasteiger partial charge in [-0.25, -0.2) is 40.2 Å². The van der Waals surface area contributed by atoms with Crippen molar-refractivity contribution in [1.82, 2.24) is 19.9 Å². The minimum atomic E-state index is -5.39. The van der Waals surface area contributed by atoms with E-state index in [0.29, 0.717) is 17.0 Å². The molecule has 5 rings (SSSR count). The number of aromatic amines is 1. The zero-order chi connectivity index (χ0) is 30.9. The monoisotopic (exact) mass is 621 g/mol. The van der Waals surface area contributed by atoms with Crippen molar-refractivity contribution in [1.29, 1.82) is 0 Å². The molecule has 0 atom stereocenters. The van der Waals surface area contributed by atoms with Crippen molar-refractivity contribution in [3.8, 4) is 0 Å². The molecule has 1 aliphatic carbocycles. The van der Waals surface area contributed by atoms with Crippen molar-refractivity contribution in [3.05, 3.63) is 93.4 Å². The summed E-state index contributed by atoms with van der Waals surface area (Å²) in [6.45, 7) is -1.29. The van der Waals surface area contributed by atoms with E-state index >= 15 is 0 Å². The highest BCUT2D eigenvalue weighted by Gasteiger charge is 2.34. The Morgan fingerprint density at radius 1 is 0.953 bits per heavy atom. The Bertz CT molecular complexity index is 1850. The summed E-state index contributed by atoms with van der Waals surface area (Å²) in [6.07, 6.45) is 8.25. The highest BCUT2D eigenvalue weighted by molar-refractivity contribution is 7.89. The number of sulfonamides is 1. The maximum Gasteiger partial charge on any atom is 0.272 e. The molecule has 0 aliphatic heterocycles. The molecule has 0 saturated heterocycles. The molecule has 1 aliphatic rings. The predicted octanol–water partition coefficient (Wildman–Crippen LogP) is 4.57. The number of fused-ring (bicyclic) bond motifs is 1. The standard InChI is InChI=1S/C28H24F5N5O4S/c29-22-23(30)25(32)27(26(33)24(22)31)43(41,42)36-13-21(39)38(19-6-7-20-17(11-19)12-35-37-28(20)40)14-18-10-16(8-9-34-18)15-4-2-1-3-5-15/h6-12,15,36H,1-5,13-14H2,(H,37,40). The van der Waals surface area contributed by atoms with Crippen LogP contribution >= 0.6 is 0 Å². The Morgan fingerprint density at radius 2 is 1.63 bits per heavy atom. The minimum Gasteiger partial charge on any atom is -0.305 e. The number of carbonyl (C=O) groups excluding carboxylic acids is 1. The van der Waals surface area contributed by atoms with E-state index in [1.165, 1.54) is 24.4 Å². The minimum absolute atomic E-state index is 0.175. The first-order valence-corrected chi connectivity index (χ1v) is 14.7. The fourth-order valence-corrected chi connectivity index (χ4v) is 6.26. The molecular weight excluding hydrogens is 597 g/mol. The number of amides is 1. The maximum atomic E-state index is 14.2. The molecule has 2 N–H and O–H groups in total. The summed E-state index contributed by atoms with van der Waals surface area (Å²) in [4.78, 5) is 28.9. The number of rotatable bonds is 8. The lowest BCUT2D eigenvalue weighted by Crippen LogP contribution is -2.40. The highest BCUT2D eigenvalue weighted by atomic mass is 32.2. The second-order valence-corrected chi connectivity index (χ2v) is 11.8. The molecule has 43 heavy (non-hydrogen) atoms. The van der Waals surface area contributed by atoms with Gasteiger partial charge in [0.25, 0.3) is 5.56 Å². The van der Waals surface area contributed by atoms with Crippen molar-refractivity contribution in [3.63, 3.8) is 0 Å². The fourth-order valence-electron chi connectivity index (χ4n) is 5.16. The number of hydrogen-bond donors (Lipinski definition) is 2. The van der Waals surface area contributed by atoms with E-state index in [2.05, 4.69) is 15.2 Å². The van der Waals surface area contributed by atoms with Gasteiger partial charge in [-0.15, -0.1) is 0 Å². The number of H-pyrrole nitrogens is 1. The van der Waals surface area contributed by atoms with Crippen LogP contribution in [0.15, 0.2) is 52.4 Å². The number of benzene rings is 2. The third-order valence-corrected chi connectivity index (χ3v) is 8.77. The van der Waals surface area contributed by atoms with Crippen molar-refractivity contribution >= 4 is 32.4 Å². The van der Waals surface area contributed by atoms with Crippen LogP contribution < -0.4 is 15.2 Å². The zero-order valence-corrected chi connectivity index (χ0v) is 23.2. The predicted molar refractivity (Wildman–Crippen MR) is 145 cm³/mol. The lowest BCUT2D eigenvalue weighted by atomic mass is 9.84. The Morgan fingerprint density at radius 3 is 2.33 bits per heavy atom. The molecule has 9 nitrogen and oxygen atoms in total. The van der Waals surface area contributed by atoms with Crippen molar-refractivity contribution in [2.45, 2.75) is 49.5 Å². The van der Waals surface area contributed by atoms with Gasteiger partial charge in [-0.2, -0.15) is 5.10 Å². The van der Waals surface area contributed by atoms with Gasteiger partial charge in [-0.3, -0.25) is 14.6 Å². The molecule has 0 bridgehead atoms. The smallest absolute Gasteiger partial charge is 0.272 e. The third-order valence-electron chi connectivity index (χ3n) is 7.35. The van der Waals surface area contributed by atoms with Gasteiger partial charge in [0.2, 0.25) is 21.7 Å². The van der Waals surface area contributed by atoms with E-state index in [-0.39, 0.29) is 17.6 Å². The molecule has 2 aromatic heterocycles. The molecule has 1 saturated carbocycles. The van der Waals surface area contributed by atoms with E-state index < -0.39 is 62.0 Å². The van der Waals surface area contributed by atoms with Crippen LogP contribution in [0.5, 0.6) is 0 Å². The highest BCUT2D eigenvalue weighted by Crippen LogP contribution is 2.33. The summed E-state index contributed by atoms with van der Waals surface area (Å²) in [6, 6.07) is 8.04. The quantitative estimate of drug-likeness (QED) is 0.169. The molecule has 1 amide bonds. The fraction of sp³-hybridized carbons (Fsp3) is 0.286. The number of carbonyl (C=O) groups is 1. The summed E-state index contributed by atoms with van der Waals surface area (Å²) in [5.74, 6) is -13.2. The van der Waals surface area contributed by atoms with E-state index in [4.69, 9.17) is 0 Å². The van der Waals surface area contributed by atoms with E-state index in [0.717, 1.165) is 42.6 Å². The Hall–Kier alpha value is -4.24. The van der Waals surface area contributed by atoms with Crippen LogP contribution in [0.3, 0.4) is 0 Å². The first-order valence-electron chi connectivity index (χ1n) is 13.2. The topological polar surface area (TPSA) is 125 Å². The Labute approximate surface area is 241 Å². The molecule has 2 aromatic carbocycles. The van der Waals surface area contributed by atoms with Gasteiger partial charge in [0.05, 0.1) is 30.4 Å². The summed E-state index contributed by atoms with van der Waals surface area (Å²) >= 11 is 0. The van der Waals surface area contributed by atoms with Crippen LogP contribution in [-0.4, -0.2) is 36.1 Å². The summed E-state index contributed by atoms with van der Waals surface area (Å²) in [5, 5.41) is 6.64. The van der Waals surface area contributed by atoms with Crippen LogP contribution in [0, 0.1) is 29.1 Å². The van der Waals surface area contributed by atoms with Crippen LogP contribution in [0.2, 0.25) is 0 Å². The number of nitrogens with zero attached hydrogens (tertiary/aromatic N) is 3.